The Hall–Kier alpha value is -0.610. The maximum Gasteiger partial charge on any atom is 0.309 e. The van der Waals surface area contributed by atoms with Crippen LogP contribution in [0.15, 0.2) is 0 Å². The van der Waals surface area contributed by atoms with Gasteiger partial charge in [0, 0.05) is 0 Å². The summed E-state index contributed by atoms with van der Waals surface area (Å²) in [5, 5.41) is 0. The first-order valence-corrected chi connectivity index (χ1v) is 12.2. The zero-order chi connectivity index (χ0) is 19.2. The van der Waals surface area contributed by atoms with Crippen molar-refractivity contribution in [3.8, 4) is 0 Å². The van der Waals surface area contributed by atoms with Gasteiger partial charge in [-0.25, -0.2) is 0 Å². The summed E-state index contributed by atoms with van der Waals surface area (Å²) in [6.07, 6.45) is 20.0. The van der Waals surface area contributed by atoms with E-state index in [-0.39, 0.29) is 18.0 Å². The Balaban J connectivity index is 1.15. The molecular formula is C24H40O4. The summed E-state index contributed by atoms with van der Waals surface area (Å²) in [5.74, 6) is 1.67. The molecule has 4 nitrogen and oxygen atoms in total. The van der Waals surface area contributed by atoms with E-state index in [1.54, 1.807) is 0 Å². The van der Waals surface area contributed by atoms with Crippen LogP contribution in [-0.4, -0.2) is 31.1 Å². The highest BCUT2D eigenvalue weighted by atomic mass is 16.7. The van der Waals surface area contributed by atoms with E-state index < -0.39 is 0 Å². The quantitative estimate of drug-likeness (QED) is 0.425. The minimum atomic E-state index is 0.101. The van der Waals surface area contributed by atoms with E-state index in [9.17, 15) is 4.79 Å². The van der Waals surface area contributed by atoms with Crippen LogP contribution in [-0.2, 0) is 19.0 Å². The lowest BCUT2D eigenvalue weighted by Gasteiger charge is -2.41. The Morgan fingerprint density at radius 2 is 1.21 bits per heavy atom. The van der Waals surface area contributed by atoms with E-state index in [1.165, 1.54) is 64.2 Å². The summed E-state index contributed by atoms with van der Waals surface area (Å²) in [6.45, 7) is 0.475. The molecule has 0 saturated heterocycles. The van der Waals surface area contributed by atoms with Gasteiger partial charge in [-0.05, 0) is 88.9 Å². The van der Waals surface area contributed by atoms with Crippen molar-refractivity contribution in [3.05, 3.63) is 0 Å². The van der Waals surface area contributed by atoms with Gasteiger partial charge in [0.1, 0.15) is 12.9 Å². The fourth-order valence-electron chi connectivity index (χ4n) is 6.12. The van der Waals surface area contributed by atoms with Crippen molar-refractivity contribution in [3.63, 3.8) is 0 Å². The second-order valence-corrected chi connectivity index (χ2v) is 9.87. The van der Waals surface area contributed by atoms with Crippen molar-refractivity contribution < 1.29 is 19.0 Å². The lowest BCUT2D eigenvalue weighted by atomic mass is 9.67. The van der Waals surface area contributed by atoms with Gasteiger partial charge in [0.05, 0.1) is 18.1 Å². The molecule has 4 saturated carbocycles. The van der Waals surface area contributed by atoms with E-state index in [4.69, 9.17) is 14.2 Å². The second-order valence-electron chi connectivity index (χ2n) is 9.87. The molecule has 4 heteroatoms. The summed E-state index contributed by atoms with van der Waals surface area (Å²) >= 11 is 0. The lowest BCUT2D eigenvalue weighted by molar-refractivity contribution is -0.160. The molecule has 4 aliphatic carbocycles. The number of carbonyl (C=O) groups excluding carboxylic acids is 1. The van der Waals surface area contributed by atoms with Crippen molar-refractivity contribution in [2.45, 2.75) is 121 Å². The molecule has 0 bridgehead atoms. The third-order valence-corrected chi connectivity index (χ3v) is 7.89. The minimum absolute atomic E-state index is 0.101. The molecule has 0 aromatic heterocycles. The van der Waals surface area contributed by atoms with E-state index in [0.29, 0.717) is 24.9 Å². The number of rotatable bonds is 6. The Kier molecular flexibility index (Phi) is 7.69. The normalized spacial score (nSPS) is 35.3. The topological polar surface area (TPSA) is 44.8 Å². The molecule has 0 aromatic carbocycles. The smallest absolute Gasteiger partial charge is 0.309 e. The molecule has 28 heavy (non-hydrogen) atoms. The Bertz CT molecular complexity index is 481. The first-order valence-electron chi connectivity index (χ1n) is 12.2. The SMILES string of the molecule is O=C(OC1CCCCC1)C1CCC2CC(OCOC3CCCCC3)CCC2C1. The Labute approximate surface area is 171 Å². The molecule has 4 rings (SSSR count). The zero-order valence-electron chi connectivity index (χ0n) is 17.6. The highest BCUT2D eigenvalue weighted by molar-refractivity contribution is 5.72. The van der Waals surface area contributed by atoms with Gasteiger partial charge in [0.25, 0.3) is 0 Å². The van der Waals surface area contributed by atoms with Crippen molar-refractivity contribution in [2.24, 2.45) is 17.8 Å². The molecule has 4 unspecified atom stereocenters. The van der Waals surface area contributed by atoms with Crippen LogP contribution in [0.5, 0.6) is 0 Å². The Morgan fingerprint density at radius 3 is 1.96 bits per heavy atom. The van der Waals surface area contributed by atoms with E-state index in [1.807, 2.05) is 0 Å². The van der Waals surface area contributed by atoms with E-state index >= 15 is 0 Å². The largest absolute Gasteiger partial charge is 0.462 e. The summed E-state index contributed by atoms with van der Waals surface area (Å²) < 4.78 is 17.9. The van der Waals surface area contributed by atoms with Crippen molar-refractivity contribution in [1.82, 2.24) is 0 Å². The van der Waals surface area contributed by atoms with Crippen LogP contribution in [0.1, 0.15) is 103 Å². The molecule has 4 aliphatic rings. The minimum Gasteiger partial charge on any atom is -0.462 e. The maximum atomic E-state index is 12.6. The predicted molar refractivity (Wildman–Crippen MR) is 109 cm³/mol. The number of hydrogen-bond donors (Lipinski definition) is 0. The molecular weight excluding hydrogens is 352 g/mol. The van der Waals surface area contributed by atoms with Gasteiger partial charge < -0.3 is 14.2 Å². The monoisotopic (exact) mass is 392 g/mol. The number of carbonyl (C=O) groups is 1. The third kappa shape index (κ3) is 5.72. The summed E-state index contributed by atoms with van der Waals surface area (Å²) in [5.41, 5.74) is 0. The highest BCUT2D eigenvalue weighted by Crippen LogP contribution is 2.44. The number of fused-ring (bicyclic) bond motifs is 1. The molecule has 4 fully saturated rings. The molecule has 0 radical (unpaired) electrons. The van der Waals surface area contributed by atoms with Gasteiger partial charge in [-0.15, -0.1) is 0 Å². The van der Waals surface area contributed by atoms with Crippen molar-refractivity contribution in [2.75, 3.05) is 6.79 Å². The van der Waals surface area contributed by atoms with Gasteiger partial charge in [0.2, 0.25) is 0 Å². The van der Waals surface area contributed by atoms with Crippen LogP contribution >= 0.6 is 0 Å². The first kappa shape index (κ1) is 20.7. The molecule has 0 N–H and O–H groups in total. The zero-order valence-corrected chi connectivity index (χ0v) is 17.6. The van der Waals surface area contributed by atoms with Crippen LogP contribution in [0, 0.1) is 17.8 Å². The molecule has 0 spiro atoms. The van der Waals surface area contributed by atoms with Crippen molar-refractivity contribution in [1.29, 1.82) is 0 Å². The molecule has 0 heterocycles. The average molecular weight is 393 g/mol. The fraction of sp³-hybridized carbons (Fsp3) is 0.958. The van der Waals surface area contributed by atoms with E-state index in [2.05, 4.69) is 0 Å². The summed E-state index contributed by atoms with van der Waals surface area (Å²) in [4.78, 5) is 12.6. The summed E-state index contributed by atoms with van der Waals surface area (Å²) in [7, 11) is 0. The Morgan fingerprint density at radius 1 is 0.607 bits per heavy atom. The van der Waals surface area contributed by atoms with E-state index in [0.717, 1.165) is 44.4 Å². The number of hydrogen-bond acceptors (Lipinski definition) is 4. The predicted octanol–water partition coefficient (Wildman–Crippen LogP) is 5.77. The van der Waals surface area contributed by atoms with Gasteiger partial charge in [-0.1, -0.05) is 25.7 Å². The highest BCUT2D eigenvalue weighted by Gasteiger charge is 2.39. The molecule has 160 valence electrons. The van der Waals surface area contributed by atoms with Crippen molar-refractivity contribution >= 4 is 5.97 Å². The van der Waals surface area contributed by atoms with Gasteiger partial charge in [-0.3, -0.25) is 4.79 Å². The van der Waals surface area contributed by atoms with Crippen LogP contribution in [0.3, 0.4) is 0 Å². The number of ether oxygens (including phenoxy) is 3. The molecule has 0 aromatic rings. The lowest BCUT2D eigenvalue weighted by Crippen LogP contribution is -2.37. The van der Waals surface area contributed by atoms with Crippen LogP contribution < -0.4 is 0 Å². The summed E-state index contributed by atoms with van der Waals surface area (Å²) in [6, 6.07) is 0. The van der Waals surface area contributed by atoms with Gasteiger partial charge in [-0.2, -0.15) is 0 Å². The molecule has 4 atom stereocenters. The second kappa shape index (κ2) is 10.4. The van der Waals surface area contributed by atoms with Gasteiger partial charge >= 0.3 is 5.97 Å². The maximum absolute atomic E-state index is 12.6. The van der Waals surface area contributed by atoms with Gasteiger partial charge in [0.15, 0.2) is 0 Å². The molecule has 0 amide bonds. The molecule has 0 aliphatic heterocycles. The fourth-order valence-corrected chi connectivity index (χ4v) is 6.12. The van der Waals surface area contributed by atoms with Crippen LogP contribution in [0.2, 0.25) is 0 Å². The first-order chi connectivity index (χ1) is 13.8. The van der Waals surface area contributed by atoms with Crippen LogP contribution in [0.4, 0.5) is 0 Å². The number of esters is 1. The average Bonchev–Trinajstić information content (AvgIpc) is 2.75. The third-order valence-electron chi connectivity index (χ3n) is 7.89. The van der Waals surface area contributed by atoms with Crippen LogP contribution in [0.25, 0.3) is 0 Å². The standard InChI is InChI=1S/C24H40O4/c25-24(28-22-9-5-2-6-10-22)20-12-11-19-16-23(14-13-18(19)15-20)27-17-26-21-7-3-1-4-8-21/h18-23H,1-17H2.